The number of rotatable bonds is 4. The van der Waals surface area contributed by atoms with Crippen molar-refractivity contribution in [3.05, 3.63) is 168 Å². The predicted octanol–water partition coefficient (Wildman–Crippen LogP) is 13.0. The zero-order valence-corrected chi connectivity index (χ0v) is 28.9. The van der Waals surface area contributed by atoms with Crippen molar-refractivity contribution >= 4 is 43.6 Å². The highest BCUT2D eigenvalue weighted by molar-refractivity contribution is 6.11. The molecule has 0 amide bonds. The maximum Gasteiger partial charge on any atom is 0.418 e. The second kappa shape index (κ2) is 12.6. The van der Waals surface area contributed by atoms with E-state index in [1.54, 1.807) is 47.0 Å². The Balaban J connectivity index is 1.24. The molecule has 9 aromatic rings. The third kappa shape index (κ3) is 5.46. The van der Waals surface area contributed by atoms with Gasteiger partial charge in [-0.15, -0.1) is 0 Å². The molecule has 0 unspecified atom stereocenters. The first-order valence-corrected chi connectivity index (χ1v) is 17.4. The van der Waals surface area contributed by atoms with E-state index in [1.807, 2.05) is 77.4 Å². The van der Waals surface area contributed by atoms with Gasteiger partial charge in [0.25, 0.3) is 0 Å². The molecule has 0 aliphatic rings. The molecule has 7 aromatic carbocycles. The van der Waals surface area contributed by atoms with Crippen LogP contribution in [0.15, 0.2) is 146 Å². The Morgan fingerprint density at radius 2 is 0.964 bits per heavy atom. The van der Waals surface area contributed by atoms with Crippen molar-refractivity contribution in [2.75, 3.05) is 0 Å². The quantitative estimate of drug-likeness (QED) is 0.168. The fourth-order valence-corrected chi connectivity index (χ4v) is 7.80. The molecule has 0 bridgehead atoms. The van der Waals surface area contributed by atoms with E-state index in [4.69, 9.17) is 0 Å². The molecule has 0 fully saturated rings. The molecular weight excluding hydrogens is 723 g/mol. The third-order valence-corrected chi connectivity index (χ3v) is 10.3. The van der Waals surface area contributed by atoms with E-state index in [0.29, 0.717) is 49.8 Å². The number of para-hydroxylation sites is 3. The van der Waals surface area contributed by atoms with Crippen LogP contribution in [0.1, 0.15) is 22.3 Å². The van der Waals surface area contributed by atoms with E-state index in [1.165, 1.54) is 24.3 Å². The standard InChI is InChI=1S/C46H24F6N4/c47-45(48,49)31-16-17-32(30(22-31)26-54)36-21-27(25-53)13-18-42(36)55-41-12-6-3-9-35(41)37-23-28(14-19-43(37)55)29-15-20-44(38(24-29)46(50,51)52)56-39-10-4-1-7-33(39)34-8-2-5-11-40(34)56/h1-24H. The molecule has 10 heteroatoms. The zero-order chi connectivity index (χ0) is 38.9. The van der Waals surface area contributed by atoms with Gasteiger partial charge in [-0.3, -0.25) is 0 Å². The number of benzene rings is 7. The highest BCUT2D eigenvalue weighted by atomic mass is 19.4. The van der Waals surface area contributed by atoms with Gasteiger partial charge >= 0.3 is 12.4 Å². The summed E-state index contributed by atoms with van der Waals surface area (Å²) in [5.74, 6) is 0. The normalized spacial score (nSPS) is 12.1. The molecule has 0 saturated heterocycles. The lowest BCUT2D eigenvalue weighted by Crippen LogP contribution is -2.11. The number of hydrogen-bond donors (Lipinski definition) is 0. The molecule has 0 saturated carbocycles. The number of nitrogens with zero attached hydrogens (tertiary/aromatic N) is 4. The van der Waals surface area contributed by atoms with Crippen molar-refractivity contribution in [1.82, 2.24) is 9.13 Å². The molecule has 0 spiro atoms. The van der Waals surface area contributed by atoms with E-state index < -0.39 is 23.5 Å². The van der Waals surface area contributed by atoms with Crippen LogP contribution in [0.25, 0.3) is 77.2 Å². The number of fused-ring (bicyclic) bond motifs is 6. The summed E-state index contributed by atoms with van der Waals surface area (Å²) in [6, 6.07) is 43.5. The molecule has 4 nitrogen and oxygen atoms in total. The van der Waals surface area contributed by atoms with Crippen molar-refractivity contribution in [1.29, 1.82) is 10.5 Å². The Morgan fingerprint density at radius 1 is 0.429 bits per heavy atom. The largest absolute Gasteiger partial charge is 0.418 e. The molecule has 0 N–H and O–H groups in total. The van der Waals surface area contributed by atoms with Crippen molar-refractivity contribution in [3.63, 3.8) is 0 Å². The SMILES string of the molecule is N#Cc1ccc(-n2c3ccccc3c3cc(-c4ccc(-n5c6ccccc6c6ccccc65)c(C(F)(F)F)c4)ccc32)c(-c2ccc(C(F)(F)F)cc2C#N)c1. The second-order valence-electron chi connectivity index (χ2n) is 13.4. The van der Waals surface area contributed by atoms with Crippen LogP contribution < -0.4 is 0 Å². The molecule has 56 heavy (non-hydrogen) atoms. The lowest BCUT2D eigenvalue weighted by molar-refractivity contribution is -0.138. The van der Waals surface area contributed by atoms with Crippen LogP contribution in [0.3, 0.4) is 0 Å². The van der Waals surface area contributed by atoms with Gasteiger partial charge in [-0.05, 0) is 83.9 Å². The van der Waals surface area contributed by atoms with Crippen LogP contribution in [0, 0.1) is 22.7 Å². The molecule has 2 aromatic heterocycles. The van der Waals surface area contributed by atoms with Crippen LogP contribution in [-0.4, -0.2) is 9.13 Å². The number of hydrogen-bond acceptors (Lipinski definition) is 2. The molecule has 0 radical (unpaired) electrons. The van der Waals surface area contributed by atoms with E-state index >= 15 is 13.2 Å². The van der Waals surface area contributed by atoms with Gasteiger partial charge in [0, 0.05) is 32.7 Å². The van der Waals surface area contributed by atoms with E-state index in [9.17, 15) is 23.7 Å². The van der Waals surface area contributed by atoms with E-state index in [2.05, 4.69) is 6.07 Å². The summed E-state index contributed by atoms with van der Waals surface area (Å²) >= 11 is 0. The van der Waals surface area contributed by atoms with Gasteiger partial charge in [-0.2, -0.15) is 36.9 Å². The minimum absolute atomic E-state index is 0.00433. The van der Waals surface area contributed by atoms with Gasteiger partial charge in [0.1, 0.15) is 0 Å². The van der Waals surface area contributed by atoms with Gasteiger partial charge in [0.15, 0.2) is 0 Å². The van der Waals surface area contributed by atoms with Crippen LogP contribution >= 0.6 is 0 Å². The summed E-state index contributed by atoms with van der Waals surface area (Å²) in [4.78, 5) is 0. The zero-order valence-electron chi connectivity index (χ0n) is 28.9. The maximum atomic E-state index is 15.0. The molecule has 0 aliphatic heterocycles. The number of alkyl halides is 6. The fourth-order valence-electron chi connectivity index (χ4n) is 7.80. The van der Waals surface area contributed by atoms with Crippen molar-refractivity contribution in [3.8, 4) is 45.8 Å². The minimum Gasteiger partial charge on any atom is -0.309 e. The summed E-state index contributed by atoms with van der Waals surface area (Å²) < 4.78 is 89.5. The summed E-state index contributed by atoms with van der Waals surface area (Å²) in [7, 11) is 0. The maximum absolute atomic E-state index is 15.0. The Morgan fingerprint density at radius 3 is 1.55 bits per heavy atom. The van der Waals surface area contributed by atoms with Gasteiger partial charge < -0.3 is 9.13 Å². The molecule has 0 atom stereocenters. The molecule has 0 aliphatic carbocycles. The average Bonchev–Trinajstić information content (AvgIpc) is 3.72. The van der Waals surface area contributed by atoms with Gasteiger partial charge in [-0.1, -0.05) is 72.8 Å². The summed E-state index contributed by atoms with van der Waals surface area (Å²) in [5, 5.41) is 22.9. The number of nitriles is 2. The molecule has 9 rings (SSSR count). The lowest BCUT2D eigenvalue weighted by Gasteiger charge is -2.18. The average molecular weight is 747 g/mol. The lowest BCUT2D eigenvalue weighted by atomic mass is 9.95. The van der Waals surface area contributed by atoms with E-state index in [0.717, 1.165) is 28.3 Å². The topological polar surface area (TPSA) is 57.4 Å². The second-order valence-corrected chi connectivity index (χ2v) is 13.4. The highest BCUT2D eigenvalue weighted by Crippen LogP contribution is 2.43. The smallest absolute Gasteiger partial charge is 0.309 e. The minimum atomic E-state index is -4.69. The Kier molecular flexibility index (Phi) is 7.78. The molecule has 2 heterocycles. The number of aromatic nitrogens is 2. The first-order valence-electron chi connectivity index (χ1n) is 17.4. The van der Waals surface area contributed by atoms with Gasteiger partial charge in [0.05, 0.1) is 67.8 Å². The highest BCUT2D eigenvalue weighted by Gasteiger charge is 2.35. The van der Waals surface area contributed by atoms with Crippen molar-refractivity contribution in [2.45, 2.75) is 12.4 Å². The van der Waals surface area contributed by atoms with Crippen LogP contribution in [0.2, 0.25) is 0 Å². The first kappa shape index (κ1) is 34.5. The third-order valence-electron chi connectivity index (χ3n) is 10.3. The van der Waals surface area contributed by atoms with Crippen molar-refractivity contribution in [2.24, 2.45) is 0 Å². The predicted molar refractivity (Wildman–Crippen MR) is 205 cm³/mol. The van der Waals surface area contributed by atoms with Crippen LogP contribution in [0.4, 0.5) is 26.3 Å². The summed E-state index contributed by atoms with van der Waals surface area (Å²) in [5.41, 5.74) is 2.87. The Labute approximate surface area is 314 Å². The summed E-state index contributed by atoms with van der Waals surface area (Å²) in [6.45, 7) is 0. The first-order chi connectivity index (χ1) is 27.0. The fraction of sp³-hybridized carbons (Fsp3) is 0.0435. The van der Waals surface area contributed by atoms with Crippen LogP contribution in [-0.2, 0) is 12.4 Å². The monoisotopic (exact) mass is 746 g/mol. The van der Waals surface area contributed by atoms with Gasteiger partial charge in [0.2, 0.25) is 0 Å². The van der Waals surface area contributed by atoms with Crippen molar-refractivity contribution < 1.29 is 26.3 Å². The summed E-state index contributed by atoms with van der Waals surface area (Å²) in [6.07, 6.45) is -9.36. The van der Waals surface area contributed by atoms with Gasteiger partial charge in [-0.25, -0.2) is 0 Å². The molecule has 270 valence electrons. The Hall–Kier alpha value is -7.30. The number of halogens is 6. The molecular formula is C46H24F6N4. The Bertz CT molecular complexity index is 3100. The van der Waals surface area contributed by atoms with Crippen LogP contribution in [0.5, 0.6) is 0 Å². The van der Waals surface area contributed by atoms with E-state index in [-0.39, 0.29) is 22.4 Å².